The Kier molecular flexibility index (Phi) is 3.22. The largest absolute Gasteiger partial charge is 0.415 e. The lowest BCUT2D eigenvalue weighted by atomic mass is 10.5. The Labute approximate surface area is 80.6 Å². The number of hydrogen-bond acceptors (Lipinski definition) is 2. The molecule has 0 saturated heterocycles. The van der Waals surface area contributed by atoms with E-state index in [0.717, 1.165) is 0 Å². The normalized spacial score (nSPS) is 10.4. The van der Waals surface area contributed by atoms with Gasteiger partial charge in [-0.15, -0.1) is 0 Å². The first-order valence-electron chi connectivity index (χ1n) is 2.85. The van der Waals surface area contributed by atoms with Crippen LogP contribution in [0.15, 0.2) is 16.7 Å². The highest BCUT2D eigenvalue weighted by atomic mass is 79.9. The van der Waals surface area contributed by atoms with E-state index in [1.54, 1.807) is 0 Å². The summed E-state index contributed by atoms with van der Waals surface area (Å²) in [6.07, 6.45) is 1.32. The molecule has 1 heterocycles. The molecular formula is C6H3BrClF2NO. The third-order valence-corrected chi connectivity index (χ3v) is 1.68. The van der Waals surface area contributed by atoms with E-state index in [0.29, 0.717) is 4.47 Å². The fraction of sp³-hybridized carbons (Fsp3) is 0.167. The van der Waals surface area contributed by atoms with Crippen LogP contribution in [0.4, 0.5) is 8.78 Å². The summed E-state index contributed by atoms with van der Waals surface area (Å²) in [7, 11) is 0. The zero-order chi connectivity index (χ0) is 9.14. The molecule has 12 heavy (non-hydrogen) atoms. The number of pyridine rings is 1. The molecule has 0 amide bonds. The second-order valence-electron chi connectivity index (χ2n) is 1.82. The van der Waals surface area contributed by atoms with Gasteiger partial charge in [0.05, 0.1) is 0 Å². The van der Waals surface area contributed by atoms with E-state index in [1.807, 2.05) is 0 Å². The molecule has 0 fully saturated rings. The van der Waals surface area contributed by atoms with Gasteiger partial charge >= 0.3 is 6.61 Å². The molecule has 0 radical (unpaired) electrons. The monoisotopic (exact) mass is 257 g/mol. The zero-order valence-electron chi connectivity index (χ0n) is 5.60. The molecule has 0 aliphatic heterocycles. The van der Waals surface area contributed by atoms with Crippen LogP contribution in [0.25, 0.3) is 0 Å². The molecule has 6 heteroatoms. The molecular weight excluding hydrogens is 255 g/mol. The lowest BCUT2D eigenvalue weighted by Gasteiger charge is -2.04. The number of alkyl halides is 2. The Morgan fingerprint density at radius 1 is 1.58 bits per heavy atom. The van der Waals surface area contributed by atoms with Gasteiger partial charge < -0.3 is 4.74 Å². The highest BCUT2D eigenvalue weighted by Gasteiger charge is 2.09. The summed E-state index contributed by atoms with van der Waals surface area (Å²) in [6, 6.07) is 1.42. The van der Waals surface area contributed by atoms with Crippen LogP contribution in [-0.4, -0.2) is 11.6 Å². The first-order valence-corrected chi connectivity index (χ1v) is 4.02. The number of nitrogens with zero attached hydrogens (tertiary/aromatic N) is 1. The van der Waals surface area contributed by atoms with E-state index in [-0.39, 0.29) is 10.9 Å². The molecule has 66 valence electrons. The molecule has 0 unspecified atom stereocenters. The number of aromatic nitrogens is 1. The Hall–Kier alpha value is -0.420. The van der Waals surface area contributed by atoms with Gasteiger partial charge in [0.25, 0.3) is 0 Å². The van der Waals surface area contributed by atoms with Crippen molar-refractivity contribution in [1.82, 2.24) is 4.98 Å². The molecule has 0 aliphatic carbocycles. The second-order valence-corrected chi connectivity index (χ2v) is 3.14. The molecule has 0 N–H and O–H groups in total. The molecule has 0 bridgehead atoms. The van der Waals surface area contributed by atoms with Gasteiger partial charge in [0.1, 0.15) is 5.02 Å². The summed E-state index contributed by atoms with van der Waals surface area (Å²) in [4.78, 5) is 3.54. The highest BCUT2D eigenvalue weighted by molar-refractivity contribution is 9.10. The van der Waals surface area contributed by atoms with Crippen LogP contribution < -0.4 is 4.74 Å². The van der Waals surface area contributed by atoms with E-state index in [2.05, 4.69) is 25.7 Å². The Bertz CT molecular complexity index is 284. The average Bonchev–Trinajstić information content (AvgIpc) is 1.94. The van der Waals surface area contributed by atoms with E-state index in [9.17, 15) is 8.78 Å². The van der Waals surface area contributed by atoms with E-state index in [1.165, 1.54) is 12.3 Å². The van der Waals surface area contributed by atoms with Crippen molar-refractivity contribution in [2.45, 2.75) is 6.61 Å². The summed E-state index contributed by atoms with van der Waals surface area (Å²) in [5.41, 5.74) is 0. The van der Waals surface area contributed by atoms with Gasteiger partial charge in [-0.05, 0) is 22.0 Å². The Morgan fingerprint density at radius 3 is 2.75 bits per heavy atom. The molecule has 1 aromatic heterocycles. The summed E-state index contributed by atoms with van der Waals surface area (Å²) >= 11 is 8.60. The maximum Gasteiger partial charge on any atom is 0.388 e. The van der Waals surface area contributed by atoms with Crippen molar-refractivity contribution in [3.8, 4) is 5.88 Å². The summed E-state index contributed by atoms with van der Waals surface area (Å²) in [5.74, 6) is -0.269. The summed E-state index contributed by atoms with van der Waals surface area (Å²) in [5, 5.41) is 0.0460. The number of ether oxygens (including phenoxy) is 1. The molecule has 0 atom stereocenters. The van der Waals surface area contributed by atoms with Crippen LogP contribution >= 0.6 is 27.5 Å². The number of rotatable bonds is 2. The lowest BCUT2D eigenvalue weighted by Crippen LogP contribution is -2.03. The van der Waals surface area contributed by atoms with Crippen molar-refractivity contribution in [3.63, 3.8) is 0 Å². The molecule has 0 aliphatic rings. The average molecular weight is 258 g/mol. The third kappa shape index (κ3) is 2.57. The Balaban J connectivity index is 2.86. The maximum absolute atomic E-state index is 11.7. The van der Waals surface area contributed by atoms with Crippen LogP contribution in [0.5, 0.6) is 5.88 Å². The predicted molar refractivity (Wildman–Crippen MR) is 43.6 cm³/mol. The summed E-state index contributed by atoms with van der Waals surface area (Å²) in [6.45, 7) is -2.91. The van der Waals surface area contributed by atoms with E-state index < -0.39 is 6.61 Å². The van der Waals surface area contributed by atoms with Gasteiger partial charge in [0, 0.05) is 10.7 Å². The van der Waals surface area contributed by atoms with Gasteiger partial charge in [0.2, 0.25) is 5.88 Å². The number of halogens is 4. The lowest BCUT2D eigenvalue weighted by molar-refractivity contribution is -0.0527. The first-order chi connectivity index (χ1) is 5.59. The minimum atomic E-state index is -2.91. The van der Waals surface area contributed by atoms with Gasteiger partial charge in [-0.2, -0.15) is 8.78 Å². The first kappa shape index (κ1) is 9.67. The molecule has 1 aromatic rings. The summed E-state index contributed by atoms with van der Waals surface area (Å²) < 4.78 is 27.9. The topological polar surface area (TPSA) is 22.1 Å². The van der Waals surface area contributed by atoms with Crippen molar-refractivity contribution in [2.24, 2.45) is 0 Å². The minimum Gasteiger partial charge on any atom is -0.415 e. The van der Waals surface area contributed by atoms with Crippen molar-refractivity contribution in [1.29, 1.82) is 0 Å². The van der Waals surface area contributed by atoms with Crippen molar-refractivity contribution in [3.05, 3.63) is 21.8 Å². The van der Waals surface area contributed by atoms with Crippen molar-refractivity contribution >= 4 is 27.5 Å². The fourth-order valence-electron chi connectivity index (χ4n) is 0.573. The van der Waals surface area contributed by atoms with E-state index >= 15 is 0 Å². The highest BCUT2D eigenvalue weighted by Crippen LogP contribution is 2.25. The van der Waals surface area contributed by atoms with Gasteiger partial charge in [0.15, 0.2) is 0 Å². The second kappa shape index (κ2) is 4.00. The standard InChI is InChI=1S/C6H3BrClF2NO/c7-3-1-4(8)5(11-2-3)12-6(9)10/h1-2,6H. The molecule has 0 saturated carbocycles. The quantitative estimate of drug-likeness (QED) is 0.813. The van der Waals surface area contributed by atoms with Crippen molar-refractivity contribution in [2.75, 3.05) is 0 Å². The van der Waals surface area contributed by atoms with Crippen LogP contribution in [0, 0.1) is 0 Å². The molecule has 2 nitrogen and oxygen atoms in total. The van der Waals surface area contributed by atoms with Crippen molar-refractivity contribution < 1.29 is 13.5 Å². The van der Waals surface area contributed by atoms with Gasteiger partial charge in [-0.25, -0.2) is 4.98 Å². The van der Waals surface area contributed by atoms with Crippen LogP contribution in [0.3, 0.4) is 0 Å². The molecule has 0 aromatic carbocycles. The fourth-order valence-corrected chi connectivity index (χ4v) is 1.25. The maximum atomic E-state index is 11.7. The van der Waals surface area contributed by atoms with Crippen LogP contribution in [-0.2, 0) is 0 Å². The SMILES string of the molecule is FC(F)Oc1ncc(Br)cc1Cl. The number of hydrogen-bond donors (Lipinski definition) is 0. The predicted octanol–water partition coefficient (Wildman–Crippen LogP) is 3.10. The molecule has 0 spiro atoms. The van der Waals surface area contributed by atoms with Crippen LogP contribution in [0.1, 0.15) is 0 Å². The van der Waals surface area contributed by atoms with Crippen LogP contribution in [0.2, 0.25) is 5.02 Å². The van der Waals surface area contributed by atoms with E-state index in [4.69, 9.17) is 11.6 Å². The third-order valence-electron chi connectivity index (χ3n) is 0.975. The molecule has 1 rings (SSSR count). The Morgan fingerprint density at radius 2 is 2.25 bits per heavy atom. The minimum absolute atomic E-state index is 0.0460. The zero-order valence-corrected chi connectivity index (χ0v) is 7.94. The smallest absolute Gasteiger partial charge is 0.388 e. The van der Waals surface area contributed by atoms with Gasteiger partial charge in [-0.1, -0.05) is 11.6 Å². The van der Waals surface area contributed by atoms with Gasteiger partial charge in [-0.3, -0.25) is 0 Å².